The van der Waals surface area contributed by atoms with Crippen molar-refractivity contribution in [2.75, 3.05) is 11.9 Å². The highest BCUT2D eigenvalue weighted by Crippen LogP contribution is 2.20. The number of carbonyl (C=O) groups is 3. The Morgan fingerprint density at radius 2 is 2.16 bits per heavy atom. The summed E-state index contributed by atoms with van der Waals surface area (Å²) in [6.07, 6.45) is 5.33. The van der Waals surface area contributed by atoms with Crippen molar-refractivity contribution in [3.63, 3.8) is 0 Å². The smallest absolute Gasteiger partial charge is 0.323 e. The van der Waals surface area contributed by atoms with Crippen LogP contribution in [0.5, 0.6) is 0 Å². The van der Waals surface area contributed by atoms with Crippen LogP contribution >= 0.6 is 0 Å². The highest BCUT2D eigenvalue weighted by molar-refractivity contribution is 6.09. The molecule has 2 aromatic rings. The number of hydrogen-bond acceptors (Lipinski definition) is 5. The summed E-state index contributed by atoms with van der Waals surface area (Å²) in [7, 11) is 0. The summed E-state index contributed by atoms with van der Waals surface area (Å²) in [6, 6.07) is 4.59. The number of pyridine rings is 1. The van der Waals surface area contributed by atoms with Crippen LogP contribution in [0.2, 0.25) is 0 Å². The minimum Gasteiger partial charge on any atom is -0.323 e. The van der Waals surface area contributed by atoms with Crippen molar-refractivity contribution in [2.24, 2.45) is 0 Å². The summed E-state index contributed by atoms with van der Waals surface area (Å²) in [5.41, 5.74) is -0.490. The quantitative estimate of drug-likeness (QED) is 0.786. The van der Waals surface area contributed by atoms with Gasteiger partial charge in [0.25, 0.3) is 5.91 Å². The number of carbonyl (C=O) groups excluding carboxylic acids is 3. The standard InChI is InChI=1S/C16H18N6O3/c1-3-16(2)14(24)21(15(25)20-16)10-13(23)19-11-5-6-12(17-9-11)22-8-4-7-18-22/h4-9H,3,10H2,1-2H3,(H,19,23)(H,20,25)/t16-/m0/s1. The van der Waals surface area contributed by atoms with E-state index in [1.54, 1.807) is 49.1 Å². The monoisotopic (exact) mass is 342 g/mol. The molecular formula is C16H18N6O3. The summed E-state index contributed by atoms with van der Waals surface area (Å²) in [6.45, 7) is 3.10. The number of hydrogen-bond donors (Lipinski definition) is 2. The summed E-state index contributed by atoms with van der Waals surface area (Å²) < 4.78 is 1.59. The molecule has 4 amide bonds. The summed E-state index contributed by atoms with van der Waals surface area (Å²) in [5, 5.41) is 9.29. The molecule has 0 bridgehead atoms. The van der Waals surface area contributed by atoms with Gasteiger partial charge in [-0.2, -0.15) is 5.10 Å². The zero-order chi connectivity index (χ0) is 18.0. The Morgan fingerprint density at radius 3 is 2.72 bits per heavy atom. The van der Waals surface area contributed by atoms with Crippen LogP contribution < -0.4 is 10.6 Å². The van der Waals surface area contributed by atoms with Gasteiger partial charge >= 0.3 is 6.03 Å². The van der Waals surface area contributed by atoms with E-state index in [1.165, 1.54) is 6.20 Å². The van der Waals surface area contributed by atoms with Gasteiger partial charge in [0.2, 0.25) is 5.91 Å². The molecular weight excluding hydrogens is 324 g/mol. The van der Waals surface area contributed by atoms with E-state index < -0.39 is 23.4 Å². The van der Waals surface area contributed by atoms with Crippen LogP contribution in [0, 0.1) is 0 Å². The van der Waals surface area contributed by atoms with Gasteiger partial charge in [0.05, 0.1) is 11.9 Å². The molecule has 1 fully saturated rings. The van der Waals surface area contributed by atoms with Gasteiger partial charge in [-0.3, -0.25) is 14.5 Å². The normalized spacial score (nSPS) is 19.8. The molecule has 9 nitrogen and oxygen atoms in total. The van der Waals surface area contributed by atoms with Crippen molar-refractivity contribution in [3.05, 3.63) is 36.8 Å². The van der Waals surface area contributed by atoms with Crippen LogP contribution in [0.25, 0.3) is 5.82 Å². The maximum atomic E-state index is 12.3. The van der Waals surface area contributed by atoms with E-state index in [4.69, 9.17) is 0 Å². The van der Waals surface area contributed by atoms with Crippen molar-refractivity contribution < 1.29 is 14.4 Å². The molecule has 0 unspecified atom stereocenters. The number of imide groups is 1. The van der Waals surface area contributed by atoms with E-state index in [0.29, 0.717) is 17.9 Å². The lowest BCUT2D eigenvalue weighted by molar-refractivity contribution is -0.133. The fraction of sp³-hybridized carbons (Fsp3) is 0.312. The lowest BCUT2D eigenvalue weighted by Crippen LogP contribution is -2.44. The minimum absolute atomic E-state index is 0.346. The molecule has 1 aliphatic heterocycles. The molecule has 2 aromatic heterocycles. The van der Waals surface area contributed by atoms with E-state index in [1.807, 2.05) is 0 Å². The zero-order valence-electron chi connectivity index (χ0n) is 13.9. The molecule has 0 saturated carbocycles. The SMILES string of the molecule is CC[C@]1(C)NC(=O)N(CC(=O)Nc2ccc(-n3cccn3)nc2)C1=O. The first-order valence-corrected chi connectivity index (χ1v) is 7.83. The van der Waals surface area contributed by atoms with E-state index in [2.05, 4.69) is 20.7 Å². The molecule has 1 saturated heterocycles. The number of urea groups is 1. The molecule has 1 atom stereocenters. The van der Waals surface area contributed by atoms with E-state index in [9.17, 15) is 14.4 Å². The van der Waals surface area contributed by atoms with Gasteiger partial charge in [0.1, 0.15) is 12.1 Å². The third-order valence-electron chi connectivity index (χ3n) is 4.12. The van der Waals surface area contributed by atoms with Gasteiger partial charge in [0, 0.05) is 12.4 Å². The average Bonchev–Trinajstić information content (AvgIpc) is 3.20. The molecule has 2 N–H and O–H groups in total. The molecule has 9 heteroatoms. The van der Waals surface area contributed by atoms with Gasteiger partial charge in [0.15, 0.2) is 5.82 Å². The Morgan fingerprint density at radius 1 is 1.36 bits per heavy atom. The van der Waals surface area contributed by atoms with Crippen molar-refractivity contribution >= 4 is 23.5 Å². The van der Waals surface area contributed by atoms with Gasteiger partial charge in [-0.05, 0) is 31.5 Å². The molecule has 3 rings (SSSR count). The summed E-state index contributed by atoms with van der Waals surface area (Å²) >= 11 is 0. The lowest BCUT2D eigenvalue weighted by Gasteiger charge is -2.19. The fourth-order valence-electron chi connectivity index (χ4n) is 2.47. The Labute approximate surface area is 144 Å². The van der Waals surface area contributed by atoms with Crippen LogP contribution in [-0.2, 0) is 9.59 Å². The first kappa shape index (κ1) is 16.6. The highest BCUT2D eigenvalue weighted by Gasteiger charge is 2.46. The number of anilines is 1. The third kappa shape index (κ3) is 3.21. The Hall–Kier alpha value is -3.23. The summed E-state index contributed by atoms with van der Waals surface area (Å²) in [5.74, 6) is -0.268. The second-order valence-electron chi connectivity index (χ2n) is 5.91. The average molecular weight is 342 g/mol. The third-order valence-corrected chi connectivity index (χ3v) is 4.12. The van der Waals surface area contributed by atoms with Gasteiger partial charge in [-0.25, -0.2) is 14.5 Å². The van der Waals surface area contributed by atoms with Crippen molar-refractivity contribution in [1.82, 2.24) is 25.0 Å². The number of aromatic nitrogens is 3. The zero-order valence-corrected chi connectivity index (χ0v) is 13.9. The first-order chi connectivity index (χ1) is 11.9. The molecule has 3 heterocycles. The number of nitrogens with one attached hydrogen (secondary N) is 2. The second kappa shape index (κ2) is 6.34. The molecule has 25 heavy (non-hydrogen) atoms. The summed E-state index contributed by atoms with van der Waals surface area (Å²) in [4.78, 5) is 41.4. The number of nitrogens with zero attached hydrogens (tertiary/aromatic N) is 4. The van der Waals surface area contributed by atoms with Crippen molar-refractivity contribution in [3.8, 4) is 5.82 Å². The van der Waals surface area contributed by atoms with Crippen LogP contribution in [0.4, 0.5) is 10.5 Å². The Kier molecular flexibility index (Phi) is 4.22. The molecule has 0 aromatic carbocycles. The number of rotatable bonds is 5. The Bertz CT molecular complexity index is 802. The van der Waals surface area contributed by atoms with Crippen LogP contribution in [-0.4, -0.2) is 49.6 Å². The minimum atomic E-state index is -0.954. The highest BCUT2D eigenvalue weighted by atomic mass is 16.2. The van der Waals surface area contributed by atoms with Crippen LogP contribution in [0.15, 0.2) is 36.8 Å². The van der Waals surface area contributed by atoms with E-state index >= 15 is 0 Å². The predicted octanol–water partition coefficient (Wildman–Crippen LogP) is 0.926. The van der Waals surface area contributed by atoms with Gasteiger partial charge in [-0.1, -0.05) is 6.92 Å². The molecule has 0 radical (unpaired) electrons. The molecule has 1 aliphatic rings. The van der Waals surface area contributed by atoms with Gasteiger partial charge < -0.3 is 10.6 Å². The molecule has 0 spiro atoms. The molecule has 0 aliphatic carbocycles. The van der Waals surface area contributed by atoms with Crippen molar-refractivity contribution in [1.29, 1.82) is 0 Å². The predicted molar refractivity (Wildman–Crippen MR) is 88.9 cm³/mol. The molecule has 130 valence electrons. The van der Waals surface area contributed by atoms with E-state index in [-0.39, 0.29) is 6.54 Å². The number of amides is 4. The Balaban J connectivity index is 1.63. The first-order valence-electron chi connectivity index (χ1n) is 7.83. The van der Waals surface area contributed by atoms with Crippen LogP contribution in [0.3, 0.4) is 0 Å². The van der Waals surface area contributed by atoms with Crippen molar-refractivity contribution in [2.45, 2.75) is 25.8 Å². The second-order valence-corrected chi connectivity index (χ2v) is 5.91. The topological polar surface area (TPSA) is 109 Å². The lowest BCUT2D eigenvalue weighted by atomic mass is 9.99. The van der Waals surface area contributed by atoms with Crippen LogP contribution in [0.1, 0.15) is 20.3 Å². The maximum Gasteiger partial charge on any atom is 0.325 e. The fourth-order valence-corrected chi connectivity index (χ4v) is 2.47. The van der Waals surface area contributed by atoms with Gasteiger partial charge in [-0.15, -0.1) is 0 Å². The van der Waals surface area contributed by atoms with E-state index in [0.717, 1.165) is 4.90 Å². The largest absolute Gasteiger partial charge is 0.325 e. The maximum absolute atomic E-state index is 12.3.